The van der Waals surface area contributed by atoms with Gasteiger partial charge in [-0.3, -0.25) is 0 Å². The minimum atomic E-state index is -1.65. The largest absolute Gasteiger partial charge is 1.00 e. The number of rotatable bonds is 2. The zero-order valence-electron chi connectivity index (χ0n) is 7.74. The smallest absolute Gasteiger partial charge is 0.547 e. The van der Waals surface area contributed by atoms with Crippen molar-refractivity contribution in [3.8, 4) is 0 Å². The summed E-state index contributed by atoms with van der Waals surface area (Å²) in [5, 5.41) is 28.7. The molecule has 0 aromatic rings. The molecule has 0 aliphatic rings. The van der Waals surface area contributed by atoms with Crippen LogP contribution in [0.5, 0.6) is 0 Å². The predicted octanol–water partition coefficient (Wildman–Crippen LogP) is -0.639. The molecule has 0 saturated carbocycles. The molecule has 1 atom stereocenters. The van der Waals surface area contributed by atoms with Crippen LogP contribution >= 0.6 is 0 Å². The van der Waals surface area contributed by atoms with Gasteiger partial charge >= 0.3 is 22.4 Å². The molecule has 0 heterocycles. The van der Waals surface area contributed by atoms with Gasteiger partial charge in [-0.2, -0.15) is 0 Å². The van der Waals surface area contributed by atoms with E-state index in [1.807, 2.05) is 0 Å². The first-order valence-corrected chi connectivity index (χ1v) is 3.48. The average molecular weight is 284 g/mol. The number of hydrogen-bond acceptors (Lipinski definition) is 5. The molecule has 0 radical (unpaired) electrons. The van der Waals surface area contributed by atoms with E-state index in [1.165, 1.54) is 13.1 Å². The standard InChI is InChI=1S/C5H10O3.C2H5NO.Ag/c1-3-5(2,8)4(6)7;1-2-3-4;/h8H,3H2,1-2H3,(H,6,7);2,4H,1H3;/q;;+1/p-1. The molecule has 0 fully saturated rings. The first kappa shape index (κ1) is 18.4. The van der Waals surface area contributed by atoms with E-state index in [0.717, 1.165) is 0 Å². The van der Waals surface area contributed by atoms with E-state index >= 15 is 0 Å². The molecule has 6 heteroatoms. The Morgan fingerprint density at radius 2 is 2.00 bits per heavy atom. The van der Waals surface area contributed by atoms with Crippen LogP contribution in [0.25, 0.3) is 0 Å². The van der Waals surface area contributed by atoms with Crippen molar-refractivity contribution in [3.05, 3.63) is 0 Å². The van der Waals surface area contributed by atoms with Gasteiger partial charge in [0.15, 0.2) is 0 Å². The molecule has 0 amide bonds. The van der Waals surface area contributed by atoms with Crippen LogP contribution in [0.1, 0.15) is 27.2 Å². The maximum absolute atomic E-state index is 9.89. The molecular formula is C7H14AgNO4. The van der Waals surface area contributed by atoms with Crippen molar-refractivity contribution >= 4 is 12.2 Å². The molecular weight excluding hydrogens is 270 g/mol. The SMILES string of the molecule is CC=NO.CCC(C)(O)C(=O)[O-].[Ag+]. The molecule has 0 bridgehead atoms. The van der Waals surface area contributed by atoms with E-state index in [2.05, 4.69) is 5.16 Å². The fourth-order valence-electron chi connectivity index (χ4n) is 0.144. The summed E-state index contributed by atoms with van der Waals surface area (Å²) < 4.78 is 0. The van der Waals surface area contributed by atoms with Gasteiger partial charge in [0.05, 0.1) is 5.97 Å². The van der Waals surface area contributed by atoms with Crippen molar-refractivity contribution < 1.29 is 42.6 Å². The van der Waals surface area contributed by atoms with Crippen molar-refractivity contribution in [1.82, 2.24) is 0 Å². The van der Waals surface area contributed by atoms with Gasteiger partial charge in [0.25, 0.3) is 0 Å². The van der Waals surface area contributed by atoms with Crippen LogP contribution in [0.15, 0.2) is 5.16 Å². The first-order chi connectivity index (χ1) is 5.42. The summed E-state index contributed by atoms with van der Waals surface area (Å²) in [5.74, 6) is -1.42. The Hall–Kier alpha value is -0.360. The minimum absolute atomic E-state index is 0. The zero-order chi connectivity index (χ0) is 10.2. The number of nitrogens with zero attached hydrogens (tertiary/aromatic N) is 1. The van der Waals surface area contributed by atoms with E-state index < -0.39 is 11.6 Å². The maximum atomic E-state index is 9.89. The van der Waals surface area contributed by atoms with Crippen molar-refractivity contribution in [2.24, 2.45) is 5.16 Å². The molecule has 0 spiro atoms. The van der Waals surface area contributed by atoms with E-state index in [9.17, 15) is 9.90 Å². The number of aliphatic carboxylic acids is 1. The Morgan fingerprint density at radius 1 is 1.69 bits per heavy atom. The Bertz CT molecular complexity index is 155. The number of carboxylic acid groups (broad SMARTS) is 1. The van der Waals surface area contributed by atoms with Gasteiger partial charge in [0.2, 0.25) is 0 Å². The topological polar surface area (TPSA) is 93.0 Å². The van der Waals surface area contributed by atoms with Crippen molar-refractivity contribution in [1.29, 1.82) is 0 Å². The van der Waals surface area contributed by atoms with Crippen LogP contribution in [-0.4, -0.2) is 28.1 Å². The average Bonchev–Trinajstić information content (AvgIpc) is 2.05. The second-order valence-electron chi connectivity index (χ2n) is 2.29. The molecule has 0 aliphatic carbocycles. The normalized spacial score (nSPS) is 13.5. The Kier molecular flexibility index (Phi) is 13.8. The third-order valence-corrected chi connectivity index (χ3v) is 1.24. The minimum Gasteiger partial charge on any atom is -0.547 e. The van der Waals surface area contributed by atoms with Crippen LogP contribution in [0.3, 0.4) is 0 Å². The summed E-state index contributed by atoms with van der Waals surface area (Å²) >= 11 is 0. The van der Waals surface area contributed by atoms with Gasteiger partial charge in [0.1, 0.15) is 5.60 Å². The molecule has 0 rings (SSSR count). The fourth-order valence-corrected chi connectivity index (χ4v) is 0.144. The van der Waals surface area contributed by atoms with Crippen LogP contribution in [-0.2, 0) is 27.2 Å². The Balaban J connectivity index is -0.000000173. The maximum Gasteiger partial charge on any atom is 1.00 e. The van der Waals surface area contributed by atoms with Crippen LogP contribution in [0, 0.1) is 0 Å². The quantitative estimate of drug-likeness (QED) is 0.305. The molecule has 2 N–H and O–H groups in total. The van der Waals surface area contributed by atoms with E-state index in [1.54, 1.807) is 13.8 Å². The van der Waals surface area contributed by atoms with Gasteiger partial charge in [-0.05, 0) is 20.3 Å². The van der Waals surface area contributed by atoms with Crippen LogP contribution in [0.4, 0.5) is 0 Å². The molecule has 5 nitrogen and oxygen atoms in total. The summed E-state index contributed by atoms with van der Waals surface area (Å²) in [6.45, 7) is 4.43. The van der Waals surface area contributed by atoms with Gasteiger partial charge in [-0.1, -0.05) is 6.92 Å². The Morgan fingerprint density at radius 3 is 2.00 bits per heavy atom. The molecule has 0 saturated heterocycles. The van der Waals surface area contributed by atoms with Gasteiger partial charge in [-0.15, -0.1) is 5.16 Å². The summed E-state index contributed by atoms with van der Waals surface area (Å²) in [5.41, 5.74) is -1.65. The Labute approximate surface area is 93.0 Å². The molecule has 1 unspecified atom stereocenters. The van der Waals surface area contributed by atoms with Gasteiger partial charge in [0, 0.05) is 6.21 Å². The van der Waals surface area contributed by atoms with E-state index in [4.69, 9.17) is 10.3 Å². The van der Waals surface area contributed by atoms with Crippen molar-refractivity contribution in [2.75, 3.05) is 0 Å². The van der Waals surface area contributed by atoms with Gasteiger partial charge < -0.3 is 20.2 Å². The molecule has 13 heavy (non-hydrogen) atoms. The predicted molar refractivity (Wildman–Crippen MR) is 41.9 cm³/mol. The molecule has 82 valence electrons. The third kappa shape index (κ3) is 11.6. The molecule has 0 aromatic carbocycles. The second kappa shape index (κ2) is 9.73. The van der Waals surface area contributed by atoms with Crippen LogP contribution in [0.2, 0.25) is 0 Å². The number of carboxylic acids is 1. The molecule has 0 aliphatic heterocycles. The first-order valence-electron chi connectivity index (χ1n) is 3.48. The van der Waals surface area contributed by atoms with E-state index in [-0.39, 0.29) is 28.8 Å². The summed E-state index contributed by atoms with van der Waals surface area (Å²) in [6, 6.07) is 0. The number of hydrogen-bond donors (Lipinski definition) is 2. The number of carbonyl (C=O) groups is 1. The fraction of sp³-hybridized carbons (Fsp3) is 0.714. The summed E-state index contributed by atoms with van der Waals surface area (Å²) in [6.07, 6.45) is 1.48. The number of aliphatic hydroxyl groups is 1. The zero-order valence-corrected chi connectivity index (χ0v) is 9.23. The third-order valence-electron chi connectivity index (χ3n) is 1.24. The summed E-state index contributed by atoms with van der Waals surface area (Å²) in [4.78, 5) is 9.89. The number of oxime groups is 1. The number of carbonyl (C=O) groups excluding carboxylic acids is 1. The van der Waals surface area contributed by atoms with Crippen molar-refractivity contribution in [2.45, 2.75) is 32.8 Å². The van der Waals surface area contributed by atoms with Gasteiger partial charge in [-0.25, -0.2) is 0 Å². The van der Waals surface area contributed by atoms with Crippen molar-refractivity contribution in [3.63, 3.8) is 0 Å². The summed E-state index contributed by atoms with van der Waals surface area (Å²) in [7, 11) is 0. The van der Waals surface area contributed by atoms with Crippen LogP contribution < -0.4 is 5.11 Å². The van der Waals surface area contributed by atoms with E-state index in [0.29, 0.717) is 0 Å². The monoisotopic (exact) mass is 283 g/mol. The second-order valence-corrected chi connectivity index (χ2v) is 2.29. The molecule has 0 aromatic heterocycles.